The van der Waals surface area contributed by atoms with Gasteiger partial charge in [0.05, 0.1) is 5.69 Å². The fourth-order valence-electron chi connectivity index (χ4n) is 3.23. The van der Waals surface area contributed by atoms with Gasteiger partial charge in [-0.05, 0) is 55.3 Å². The molecule has 1 amide bonds. The van der Waals surface area contributed by atoms with Gasteiger partial charge in [0.25, 0.3) is 11.8 Å². The van der Waals surface area contributed by atoms with Crippen LogP contribution in [0.15, 0.2) is 33.0 Å². The Morgan fingerprint density at radius 2 is 1.93 bits per heavy atom. The van der Waals surface area contributed by atoms with Crippen LogP contribution in [0.2, 0.25) is 5.02 Å². The number of nitrogens with zero attached hydrogens (tertiary/aromatic N) is 2. The summed E-state index contributed by atoms with van der Waals surface area (Å²) in [5, 5.41) is 20.0. The number of rotatable bonds is 6. The van der Waals surface area contributed by atoms with E-state index >= 15 is 0 Å². The normalized spacial score (nSPS) is 11.7. The molecule has 0 fully saturated rings. The van der Waals surface area contributed by atoms with Gasteiger partial charge >= 0.3 is 0 Å². The van der Waals surface area contributed by atoms with E-state index in [0.717, 1.165) is 16.9 Å². The van der Waals surface area contributed by atoms with Crippen LogP contribution in [0.4, 0.5) is 11.6 Å². The third-order valence-electron chi connectivity index (χ3n) is 4.49. The van der Waals surface area contributed by atoms with Crippen molar-refractivity contribution in [2.75, 3.05) is 11.5 Å². The first kappa shape index (κ1) is 22.4. The largest absolute Gasteiger partial charge is 0.396 e. The van der Waals surface area contributed by atoms with E-state index in [9.17, 15) is 18.3 Å². The number of aromatic nitrogens is 1. The van der Waals surface area contributed by atoms with Gasteiger partial charge in [-0.15, -0.1) is 11.3 Å². The Hall–Kier alpha value is -2.24. The predicted octanol–water partition coefficient (Wildman–Crippen LogP) is 3.48. The van der Waals surface area contributed by atoms with Gasteiger partial charge in [-0.1, -0.05) is 28.9 Å². The van der Waals surface area contributed by atoms with Gasteiger partial charge in [-0.2, -0.15) is 0 Å². The highest BCUT2D eigenvalue weighted by Gasteiger charge is 2.33. The molecule has 0 radical (unpaired) electrons. The van der Waals surface area contributed by atoms with Crippen molar-refractivity contribution >= 4 is 50.4 Å². The summed E-state index contributed by atoms with van der Waals surface area (Å²) in [4.78, 5) is 14.5. The maximum absolute atomic E-state index is 13.6. The van der Waals surface area contributed by atoms with Crippen molar-refractivity contribution in [1.29, 1.82) is 0 Å². The summed E-state index contributed by atoms with van der Waals surface area (Å²) >= 11 is 7.30. The van der Waals surface area contributed by atoms with Crippen molar-refractivity contribution in [3.05, 3.63) is 55.9 Å². The van der Waals surface area contributed by atoms with E-state index in [0.29, 0.717) is 28.9 Å². The second-order valence-corrected chi connectivity index (χ2v) is 9.56. The highest BCUT2D eigenvalue weighted by molar-refractivity contribution is 7.89. The Bertz CT molecular complexity index is 1190. The number of aliphatic hydroxyl groups is 1. The molecule has 0 saturated carbocycles. The zero-order valence-electron chi connectivity index (χ0n) is 16.5. The molecule has 0 bridgehead atoms. The Morgan fingerprint density at radius 1 is 1.30 bits per heavy atom. The Labute approximate surface area is 182 Å². The van der Waals surface area contributed by atoms with Gasteiger partial charge in [0, 0.05) is 6.61 Å². The molecule has 0 spiro atoms. The molecule has 0 aliphatic heterocycles. The molecule has 30 heavy (non-hydrogen) atoms. The number of amides is 1. The van der Waals surface area contributed by atoms with E-state index < -0.39 is 15.9 Å². The second-order valence-electron chi connectivity index (χ2n) is 6.74. The number of halogens is 1. The predicted molar refractivity (Wildman–Crippen MR) is 115 cm³/mol. The summed E-state index contributed by atoms with van der Waals surface area (Å²) in [6.45, 7) is 5.22. The number of aliphatic hydroxyl groups excluding tert-OH is 1. The summed E-state index contributed by atoms with van der Waals surface area (Å²) in [5.74, 6) is -0.678. The minimum Gasteiger partial charge on any atom is -0.396 e. The van der Waals surface area contributed by atoms with Crippen molar-refractivity contribution in [2.45, 2.75) is 32.1 Å². The highest BCUT2D eigenvalue weighted by atomic mass is 35.5. The summed E-state index contributed by atoms with van der Waals surface area (Å²) < 4.78 is 29.3. The molecule has 160 valence electrons. The minimum atomic E-state index is -4.12. The van der Waals surface area contributed by atoms with Crippen LogP contribution < -0.4 is 10.0 Å². The minimum absolute atomic E-state index is 0.0130. The van der Waals surface area contributed by atoms with Gasteiger partial charge in [-0.25, -0.2) is 18.5 Å². The molecular formula is C19H20ClN3O5S2. The lowest BCUT2D eigenvalue weighted by Gasteiger charge is -2.24. The van der Waals surface area contributed by atoms with Gasteiger partial charge in [0.1, 0.15) is 20.5 Å². The molecule has 0 aliphatic rings. The quantitative estimate of drug-likeness (QED) is 0.569. The van der Waals surface area contributed by atoms with E-state index in [1.54, 1.807) is 20.8 Å². The van der Waals surface area contributed by atoms with Crippen LogP contribution >= 0.6 is 22.9 Å². The SMILES string of the molecule is Cc1cc(CCO)cc(C)c1N(C(=O)c1sccc1S(N)(=O)=O)c1onc(C)c1Cl. The van der Waals surface area contributed by atoms with Crippen molar-refractivity contribution in [2.24, 2.45) is 5.14 Å². The fraction of sp³-hybridized carbons (Fsp3) is 0.263. The number of benzene rings is 1. The van der Waals surface area contributed by atoms with Crippen LogP contribution in [-0.4, -0.2) is 31.2 Å². The van der Waals surface area contributed by atoms with Crippen LogP contribution in [0.25, 0.3) is 0 Å². The lowest BCUT2D eigenvalue weighted by molar-refractivity contribution is 0.0995. The monoisotopic (exact) mass is 469 g/mol. The van der Waals surface area contributed by atoms with Crippen molar-refractivity contribution in [1.82, 2.24) is 5.16 Å². The molecule has 3 aromatic rings. The molecule has 2 heterocycles. The van der Waals surface area contributed by atoms with Crippen molar-refractivity contribution in [3.8, 4) is 0 Å². The molecular weight excluding hydrogens is 450 g/mol. The molecule has 3 N–H and O–H groups in total. The van der Waals surface area contributed by atoms with Gasteiger partial charge < -0.3 is 9.63 Å². The lowest BCUT2D eigenvalue weighted by Crippen LogP contribution is -2.28. The molecule has 0 atom stereocenters. The number of hydrogen-bond acceptors (Lipinski definition) is 7. The maximum atomic E-state index is 13.6. The number of carbonyl (C=O) groups excluding carboxylic acids is 1. The van der Waals surface area contributed by atoms with Gasteiger partial charge in [0.2, 0.25) is 10.0 Å². The molecule has 2 aromatic heterocycles. The summed E-state index contributed by atoms with van der Waals surface area (Å²) in [7, 11) is -4.12. The summed E-state index contributed by atoms with van der Waals surface area (Å²) in [6.07, 6.45) is 0.457. The molecule has 0 saturated heterocycles. The first-order chi connectivity index (χ1) is 14.1. The zero-order valence-corrected chi connectivity index (χ0v) is 18.9. The smallest absolute Gasteiger partial charge is 0.276 e. The molecule has 11 heteroatoms. The average Bonchev–Trinajstić information content (AvgIpc) is 3.26. The Balaban J connectivity index is 2.26. The molecule has 1 aromatic carbocycles. The van der Waals surface area contributed by atoms with E-state index in [2.05, 4.69) is 5.16 Å². The van der Waals surface area contributed by atoms with Crippen LogP contribution in [0.1, 0.15) is 32.1 Å². The highest BCUT2D eigenvalue weighted by Crippen LogP contribution is 2.40. The van der Waals surface area contributed by atoms with Crippen LogP contribution in [-0.2, 0) is 16.4 Å². The molecule has 0 unspecified atom stereocenters. The third-order valence-corrected chi connectivity index (χ3v) is 6.91. The Kier molecular flexibility index (Phi) is 6.34. The first-order valence-electron chi connectivity index (χ1n) is 8.83. The second kappa shape index (κ2) is 8.48. The van der Waals surface area contributed by atoms with Crippen LogP contribution in [0.5, 0.6) is 0 Å². The maximum Gasteiger partial charge on any atom is 0.276 e. The number of primary sulfonamides is 1. The zero-order chi connectivity index (χ0) is 22.2. The number of aryl methyl sites for hydroxylation is 3. The van der Waals surface area contributed by atoms with E-state index in [1.165, 1.54) is 16.3 Å². The number of thiophene rings is 1. The lowest BCUT2D eigenvalue weighted by atomic mass is 10.0. The molecule has 8 nitrogen and oxygen atoms in total. The van der Waals surface area contributed by atoms with Crippen molar-refractivity contribution < 1.29 is 22.8 Å². The van der Waals surface area contributed by atoms with Gasteiger partial charge in [-0.3, -0.25) is 4.79 Å². The van der Waals surface area contributed by atoms with Gasteiger partial charge in [0.15, 0.2) is 0 Å². The summed E-state index contributed by atoms with van der Waals surface area (Å²) in [6, 6.07) is 4.96. The molecule has 0 aliphatic carbocycles. The Morgan fingerprint density at radius 3 is 2.43 bits per heavy atom. The van der Waals surface area contributed by atoms with E-state index in [-0.39, 0.29) is 27.3 Å². The number of nitrogens with two attached hydrogens (primary N) is 1. The molecule has 3 rings (SSSR count). The van der Waals surface area contributed by atoms with E-state index in [1.807, 2.05) is 12.1 Å². The number of carbonyl (C=O) groups is 1. The van der Waals surface area contributed by atoms with Crippen LogP contribution in [0, 0.1) is 20.8 Å². The van der Waals surface area contributed by atoms with Crippen molar-refractivity contribution in [3.63, 3.8) is 0 Å². The van der Waals surface area contributed by atoms with E-state index in [4.69, 9.17) is 21.3 Å². The average molecular weight is 470 g/mol. The number of sulfonamides is 1. The topological polar surface area (TPSA) is 127 Å². The number of anilines is 2. The fourth-order valence-corrected chi connectivity index (χ4v) is 5.28. The first-order valence-corrected chi connectivity index (χ1v) is 11.6. The number of hydrogen-bond donors (Lipinski definition) is 2. The summed E-state index contributed by atoms with van der Waals surface area (Å²) in [5.41, 5.74) is 3.18. The third kappa shape index (κ3) is 4.14. The van der Waals surface area contributed by atoms with Crippen LogP contribution in [0.3, 0.4) is 0 Å². The standard InChI is InChI=1S/C19H20ClN3O5S2/c1-10-8-13(4-6-24)9-11(2)16(10)23(19-15(20)12(3)22-28-19)18(25)17-14(5-7-29-17)30(21,26)27/h5,7-9,24H,4,6H2,1-3H3,(H2,21,26,27).